The number of methoxy groups -OCH3 is 1. The molecule has 4 aromatic carbocycles. The number of anilines is 1. The van der Waals surface area contributed by atoms with E-state index in [0.29, 0.717) is 28.1 Å². The van der Waals surface area contributed by atoms with Crippen molar-refractivity contribution >= 4 is 17.5 Å². The van der Waals surface area contributed by atoms with Gasteiger partial charge in [0.05, 0.1) is 42.4 Å². The van der Waals surface area contributed by atoms with Crippen molar-refractivity contribution in [2.75, 3.05) is 12.5 Å². The number of nitrogens with one attached hydrogen (secondary N) is 1. The van der Waals surface area contributed by atoms with E-state index < -0.39 is 46.5 Å². The van der Waals surface area contributed by atoms with Gasteiger partial charge in [-0.05, 0) is 54.8 Å². The Hall–Kier alpha value is -6.10. The molecule has 246 valence electrons. The average molecular weight is 656 g/mol. The van der Waals surface area contributed by atoms with Crippen LogP contribution in [0, 0.1) is 12.8 Å². The molecular weight excluding hydrogens is 622 g/mol. The van der Waals surface area contributed by atoms with Crippen LogP contribution in [0.15, 0.2) is 124 Å². The van der Waals surface area contributed by atoms with Gasteiger partial charge in [-0.2, -0.15) is 5.01 Å². The van der Waals surface area contributed by atoms with Crippen molar-refractivity contribution < 1.29 is 19.4 Å². The summed E-state index contributed by atoms with van der Waals surface area (Å²) < 4.78 is 9.44. The van der Waals surface area contributed by atoms with Crippen molar-refractivity contribution in [3.63, 3.8) is 0 Å². The number of benzene rings is 4. The smallest absolute Gasteiger partial charge is 0.352 e. The molecule has 8 rings (SSSR count). The van der Waals surface area contributed by atoms with Crippen LogP contribution in [-0.4, -0.2) is 43.0 Å². The summed E-state index contributed by atoms with van der Waals surface area (Å²) in [6.45, 7) is 1.99. The third-order valence-corrected chi connectivity index (χ3v) is 10.2. The van der Waals surface area contributed by atoms with Crippen LogP contribution >= 0.6 is 0 Å². The zero-order valence-corrected chi connectivity index (χ0v) is 26.8. The lowest BCUT2D eigenvalue weighted by molar-refractivity contribution is -0.138. The van der Waals surface area contributed by atoms with Gasteiger partial charge in [0.2, 0.25) is 0 Å². The minimum Gasteiger partial charge on any atom is -0.504 e. The zero-order valence-electron chi connectivity index (χ0n) is 26.8. The quantitative estimate of drug-likeness (QED) is 0.205. The predicted molar refractivity (Wildman–Crippen MR) is 182 cm³/mol. The molecule has 4 unspecified atom stereocenters. The summed E-state index contributed by atoms with van der Waals surface area (Å²) in [5.41, 5.74) is 4.08. The van der Waals surface area contributed by atoms with Crippen molar-refractivity contribution in [2.45, 2.75) is 37.3 Å². The normalized spacial score (nSPS) is 22.6. The van der Waals surface area contributed by atoms with Crippen LogP contribution < -0.4 is 21.5 Å². The van der Waals surface area contributed by atoms with E-state index in [1.165, 1.54) is 16.5 Å². The molecular formula is C38H33N5O6. The number of ether oxygens (including phenoxy) is 1. The Kier molecular flexibility index (Phi) is 6.95. The minimum absolute atomic E-state index is 0.0456. The van der Waals surface area contributed by atoms with Crippen LogP contribution in [0.2, 0.25) is 0 Å². The number of hydrogen-bond acceptors (Lipinski definition) is 7. The van der Waals surface area contributed by atoms with Crippen molar-refractivity contribution in [3.8, 4) is 17.2 Å². The van der Waals surface area contributed by atoms with Gasteiger partial charge in [-0.3, -0.25) is 15.0 Å². The van der Waals surface area contributed by atoms with E-state index in [4.69, 9.17) is 4.74 Å². The summed E-state index contributed by atoms with van der Waals surface area (Å²) in [5, 5.41) is 12.8. The molecule has 2 amide bonds. The summed E-state index contributed by atoms with van der Waals surface area (Å²) in [6, 6.07) is 29.5. The molecule has 3 heterocycles. The maximum absolute atomic E-state index is 15.2. The standard InChI is InChI=1S/C38H33N5O6/c1-23-16-18-25(19-17-23)39-42-34(45)29-22-30-27(20-21-40-36(47)41(37(48)43(30)40)26-12-7-4-8-13-26)32(28-14-9-15-31(49-2)33(28)44)38(29,35(42)46)24-10-5-3-6-11-24/h3-20,29-30,32,39,44H,21-22H2,1-2H3. The van der Waals surface area contributed by atoms with Gasteiger partial charge in [0.25, 0.3) is 11.8 Å². The van der Waals surface area contributed by atoms with E-state index >= 15 is 4.79 Å². The molecule has 0 radical (unpaired) electrons. The summed E-state index contributed by atoms with van der Waals surface area (Å²) in [7, 11) is 1.44. The van der Waals surface area contributed by atoms with Crippen LogP contribution in [0.25, 0.3) is 5.69 Å². The number of fused-ring (bicyclic) bond motifs is 4. The van der Waals surface area contributed by atoms with E-state index in [1.807, 2.05) is 55.5 Å². The summed E-state index contributed by atoms with van der Waals surface area (Å²) >= 11 is 0. The number of phenolic OH excluding ortho intramolecular Hbond substituents is 1. The van der Waals surface area contributed by atoms with Crippen LogP contribution in [-0.2, 0) is 21.5 Å². The highest BCUT2D eigenvalue weighted by atomic mass is 16.5. The van der Waals surface area contributed by atoms with Gasteiger partial charge in [-0.15, -0.1) is 0 Å². The van der Waals surface area contributed by atoms with Crippen molar-refractivity contribution in [2.24, 2.45) is 5.92 Å². The Morgan fingerprint density at radius 1 is 0.837 bits per heavy atom. The fourth-order valence-corrected chi connectivity index (χ4v) is 8.09. The number of imide groups is 1. The molecule has 49 heavy (non-hydrogen) atoms. The van der Waals surface area contributed by atoms with Gasteiger partial charge in [-0.25, -0.2) is 23.5 Å². The maximum Gasteiger partial charge on any atom is 0.352 e. The second kappa shape index (κ2) is 11.3. The van der Waals surface area contributed by atoms with Gasteiger partial charge in [0.1, 0.15) is 0 Å². The number of hydrazine groups is 1. The topological polar surface area (TPSA) is 128 Å². The lowest BCUT2D eigenvalue weighted by Gasteiger charge is -2.49. The third kappa shape index (κ3) is 4.28. The highest BCUT2D eigenvalue weighted by molar-refractivity contribution is 6.12. The Morgan fingerprint density at radius 2 is 1.53 bits per heavy atom. The first-order chi connectivity index (χ1) is 23.8. The van der Waals surface area contributed by atoms with Crippen LogP contribution in [0.4, 0.5) is 5.69 Å². The number of hydrogen-bond donors (Lipinski definition) is 2. The van der Waals surface area contributed by atoms with Gasteiger partial charge in [-0.1, -0.05) is 84.4 Å². The zero-order chi connectivity index (χ0) is 34.0. The average Bonchev–Trinajstić information content (AvgIpc) is 3.51. The first-order valence-electron chi connectivity index (χ1n) is 16.1. The molecule has 0 bridgehead atoms. The lowest BCUT2D eigenvalue weighted by atomic mass is 9.53. The van der Waals surface area contributed by atoms with Crippen LogP contribution in [0.1, 0.15) is 35.1 Å². The molecule has 2 fully saturated rings. The van der Waals surface area contributed by atoms with E-state index in [2.05, 4.69) is 5.43 Å². The molecule has 4 atom stereocenters. The number of allylic oxidation sites excluding steroid dienone is 2. The van der Waals surface area contributed by atoms with Crippen molar-refractivity contribution in [3.05, 3.63) is 152 Å². The minimum atomic E-state index is -1.53. The van der Waals surface area contributed by atoms with Crippen LogP contribution in [0.5, 0.6) is 11.5 Å². The fraction of sp³-hybridized carbons (Fsp3) is 0.211. The molecule has 11 nitrogen and oxygen atoms in total. The lowest BCUT2D eigenvalue weighted by Crippen LogP contribution is -2.53. The van der Waals surface area contributed by atoms with Gasteiger partial charge in [0, 0.05) is 11.5 Å². The highest BCUT2D eigenvalue weighted by Crippen LogP contribution is 2.63. The van der Waals surface area contributed by atoms with Crippen molar-refractivity contribution in [1.82, 2.24) is 18.9 Å². The Bertz CT molecular complexity index is 2270. The fourth-order valence-electron chi connectivity index (χ4n) is 8.09. The Labute approximate surface area is 280 Å². The highest BCUT2D eigenvalue weighted by Gasteiger charge is 2.69. The van der Waals surface area contributed by atoms with Gasteiger partial charge in [0.15, 0.2) is 11.5 Å². The summed E-state index contributed by atoms with van der Waals surface area (Å²) in [6.07, 6.45) is 1.91. The number of carbonyl (C=O) groups excluding carboxylic acids is 2. The maximum atomic E-state index is 15.2. The third-order valence-electron chi connectivity index (χ3n) is 10.2. The molecule has 5 aromatic rings. The molecule has 3 aliphatic rings. The molecule has 2 aliphatic heterocycles. The largest absolute Gasteiger partial charge is 0.504 e. The summed E-state index contributed by atoms with van der Waals surface area (Å²) in [4.78, 5) is 58.0. The molecule has 1 aromatic heterocycles. The first-order valence-corrected chi connectivity index (χ1v) is 16.1. The second-order valence-corrected chi connectivity index (χ2v) is 12.7. The molecule has 1 saturated carbocycles. The van der Waals surface area contributed by atoms with E-state index in [0.717, 1.165) is 15.1 Å². The van der Waals surface area contributed by atoms with E-state index in [9.17, 15) is 19.5 Å². The number of rotatable bonds is 6. The molecule has 2 N–H and O–H groups in total. The molecule has 0 spiro atoms. The molecule has 1 aliphatic carbocycles. The van der Waals surface area contributed by atoms with Crippen molar-refractivity contribution in [1.29, 1.82) is 0 Å². The SMILES string of the molecule is COc1cccc(C2C3=CCn4c(=O)n(-c5ccccc5)c(=O)n4C3CC3C(=O)N(Nc4ccc(C)cc4)C(=O)C32c2ccccc2)c1O. The summed E-state index contributed by atoms with van der Waals surface area (Å²) in [5.74, 6) is -2.86. The van der Waals surface area contributed by atoms with E-state index in [1.54, 1.807) is 60.7 Å². The van der Waals surface area contributed by atoms with E-state index in [-0.39, 0.29) is 24.5 Å². The first kappa shape index (κ1) is 30.2. The second-order valence-electron chi connectivity index (χ2n) is 12.7. The predicted octanol–water partition coefficient (Wildman–Crippen LogP) is 4.44. The number of carbonyl (C=O) groups is 2. The number of nitrogens with zero attached hydrogens (tertiary/aromatic N) is 4. The van der Waals surface area contributed by atoms with Gasteiger partial charge >= 0.3 is 11.4 Å². The number of aromatic hydroxyl groups is 1. The Morgan fingerprint density at radius 3 is 2.22 bits per heavy atom. The van der Waals surface area contributed by atoms with Crippen LogP contribution in [0.3, 0.4) is 0 Å². The number of aryl methyl sites for hydroxylation is 1. The number of para-hydroxylation sites is 2. The Balaban J connectivity index is 1.39. The number of amides is 2. The number of phenols is 1. The number of aromatic nitrogens is 3. The van der Waals surface area contributed by atoms with Gasteiger partial charge < -0.3 is 9.84 Å². The molecule has 1 saturated heterocycles. The molecule has 11 heteroatoms. The monoisotopic (exact) mass is 655 g/mol.